The summed E-state index contributed by atoms with van der Waals surface area (Å²) >= 11 is 0. The molecule has 1 aromatic rings. The number of hydrogen-bond donors (Lipinski definition) is 1. The van der Waals surface area contributed by atoms with Crippen LogP contribution in [0.25, 0.3) is 0 Å². The normalized spacial score (nSPS) is 11.3. The minimum atomic E-state index is -0.625. The molecule has 110 valence electrons. The lowest BCUT2D eigenvalue weighted by molar-refractivity contribution is -0.109. The minimum Gasteiger partial charge on any atom is -0.493 e. The number of ether oxygens (including phenoxy) is 3. The summed E-state index contributed by atoms with van der Waals surface area (Å²) < 4.78 is 15.0. The molecular weight excluding hydrogens is 262 g/mol. The SMILES string of the molecule is COC(=O)NC(C=O)CCc1cccc(OC)c1OC. The third kappa shape index (κ3) is 4.15. The van der Waals surface area contributed by atoms with Gasteiger partial charge in [0, 0.05) is 0 Å². The number of benzene rings is 1. The van der Waals surface area contributed by atoms with E-state index in [9.17, 15) is 9.59 Å². The van der Waals surface area contributed by atoms with Gasteiger partial charge in [0.05, 0.1) is 27.4 Å². The van der Waals surface area contributed by atoms with E-state index in [4.69, 9.17) is 9.47 Å². The highest BCUT2D eigenvalue weighted by Crippen LogP contribution is 2.31. The molecular formula is C14H19NO5. The van der Waals surface area contributed by atoms with E-state index in [-0.39, 0.29) is 0 Å². The molecule has 1 atom stereocenters. The van der Waals surface area contributed by atoms with Gasteiger partial charge in [-0.1, -0.05) is 12.1 Å². The summed E-state index contributed by atoms with van der Waals surface area (Å²) in [4.78, 5) is 22.0. The molecule has 0 aliphatic rings. The Kier molecular flexibility index (Phi) is 6.36. The molecule has 1 amide bonds. The zero-order valence-corrected chi connectivity index (χ0v) is 11.8. The first kappa shape index (κ1) is 15.8. The molecule has 0 heterocycles. The van der Waals surface area contributed by atoms with E-state index in [2.05, 4.69) is 10.1 Å². The van der Waals surface area contributed by atoms with E-state index in [0.29, 0.717) is 30.6 Å². The highest BCUT2D eigenvalue weighted by molar-refractivity contribution is 5.72. The molecule has 0 spiro atoms. The lowest BCUT2D eigenvalue weighted by Gasteiger charge is -2.15. The van der Waals surface area contributed by atoms with Crippen LogP contribution in [0.1, 0.15) is 12.0 Å². The zero-order valence-electron chi connectivity index (χ0n) is 11.8. The number of carbonyl (C=O) groups excluding carboxylic acids is 2. The second-order valence-electron chi connectivity index (χ2n) is 4.07. The lowest BCUT2D eigenvalue weighted by atomic mass is 10.0. The quantitative estimate of drug-likeness (QED) is 0.768. The molecule has 0 aromatic heterocycles. The van der Waals surface area contributed by atoms with Crippen LogP contribution in [0.2, 0.25) is 0 Å². The van der Waals surface area contributed by atoms with Gasteiger partial charge in [0.1, 0.15) is 6.29 Å². The summed E-state index contributed by atoms with van der Waals surface area (Å²) in [5.74, 6) is 1.27. The summed E-state index contributed by atoms with van der Waals surface area (Å²) in [6.07, 6.45) is 1.07. The van der Waals surface area contributed by atoms with Crippen LogP contribution in [0.3, 0.4) is 0 Å². The third-order valence-electron chi connectivity index (χ3n) is 2.86. The van der Waals surface area contributed by atoms with Crippen molar-refractivity contribution in [2.75, 3.05) is 21.3 Å². The van der Waals surface area contributed by atoms with Crippen molar-refractivity contribution in [3.05, 3.63) is 23.8 Å². The lowest BCUT2D eigenvalue weighted by Crippen LogP contribution is -2.36. The largest absolute Gasteiger partial charge is 0.493 e. The Labute approximate surface area is 118 Å². The Morgan fingerprint density at radius 3 is 2.60 bits per heavy atom. The Morgan fingerprint density at radius 2 is 2.05 bits per heavy atom. The van der Waals surface area contributed by atoms with E-state index >= 15 is 0 Å². The number of aryl methyl sites for hydroxylation is 1. The standard InChI is InChI=1S/C14H19NO5/c1-18-12-6-4-5-10(13(12)19-2)7-8-11(9-16)15-14(17)20-3/h4-6,9,11H,7-8H2,1-3H3,(H,15,17). The molecule has 1 unspecified atom stereocenters. The molecule has 0 radical (unpaired) electrons. The number of hydrogen-bond acceptors (Lipinski definition) is 5. The van der Waals surface area contributed by atoms with Crippen LogP contribution < -0.4 is 14.8 Å². The fraction of sp³-hybridized carbons (Fsp3) is 0.429. The maximum absolute atomic E-state index is 11.1. The van der Waals surface area contributed by atoms with Crippen LogP contribution in [-0.2, 0) is 16.0 Å². The van der Waals surface area contributed by atoms with Gasteiger partial charge in [-0.05, 0) is 24.5 Å². The molecule has 0 aliphatic heterocycles. The fourth-order valence-corrected chi connectivity index (χ4v) is 1.85. The van der Waals surface area contributed by atoms with E-state index in [1.165, 1.54) is 7.11 Å². The van der Waals surface area contributed by atoms with Crippen molar-refractivity contribution in [1.29, 1.82) is 0 Å². The second kappa shape index (κ2) is 8.04. The molecule has 1 aromatic carbocycles. The van der Waals surface area contributed by atoms with Gasteiger partial charge in [-0.3, -0.25) is 0 Å². The number of rotatable bonds is 7. The molecule has 0 fully saturated rings. The van der Waals surface area contributed by atoms with Crippen LogP contribution in [-0.4, -0.2) is 39.8 Å². The summed E-state index contributed by atoms with van der Waals surface area (Å²) in [6, 6.07) is 4.94. The molecule has 1 N–H and O–H groups in total. The van der Waals surface area contributed by atoms with Crippen molar-refractivity contribution in [2.45, 2.75) is 18.9 Å². The van der Waals surface area contributed by atoms with Gasteiger partial charge >= 0.3 is 6.09 Å². The van der Waals surface area contributed by atoms with Crippen LogP contribution in [0.4, 0.5) is 4.79 Å². The van der Waals surface area contributed by atoms with Gasteiger partial charge in [0.2, 0.25) is 0 Å². The molecule has 6 nitrogen and oxygen atoms in total. The number of carbonyl (C=O) groups is 2. The van der Waals surface area contributed by atoms with E-state index in [1.807, 2.05) is 12.1 Å². The Hall–Kier alpha value is -2.24. The monoisotopic (exact) mass is 281 g/mol. The Morgan fingerprint density at radius 1 is 1.30 bits per heavy atom. The van der Waals surface area contributed by atoms with Gasteiger partial charge in [0.15, 0.2) is 11.5 Å². The predicted molar refractivity (Wildman–Crippen MR) is 73.3 cm³/mol. The zero-order chi connectivity index (χ0) is 15.0. The van der Waals surface area contributed by atoms with E-state index in [1.54, 1.807) is 20.3 Å². The van der Waals surface area contributed by atoms with Gasteiger partial charge < -0.3 is 24.3 Å². The van der Waals surface area contributed by atoms with Crippen molar-refractivity contribution < 1.29 is 23.8 Å². The Balaban J connectivity index is 2.73. The van der Waals surface area contributed by atoms with Crippen LogP contribution in [0, 0.1) is 0 Å². The van der Waals surface area contributed by atoms with Crippen molar-refractivity contribution in [3.63, 3.8) is 0 Å². The number of para-hydroxylation sites is 1. The first-order valence-corrected chi connectivity index (χ1v) is 6.15. The number of methoxy groups -OCH3 is 3. The maximum Gasteiger partial charge on any atom is 0.407 e. The van der Waals surface area contributed by atoms with Crippen LogP contribution >= 0.6 is 0 Å². The second-order valence-corrected chi connectivity index (χ2v) is 4.07. The van der Waals surface area contributed by atoms with Crippen LogP contribution in [0.5, 0.6) is 11.5 Å². The number of nitrogens with one attached hydrogen (secondary N) is 1. The molecule has 20 heavy (non-hydrogen) atoms. The average molecular weight is 281 g/mol. The third-order valence-corrected chi connectivity index (χ3v) is 2.86. The summed E-state index contributed by atoms with van der Waals surface area (Å²) in [5, 5.41) is 2.45. The number of alkyl carbamates (subject to hydrolysis) is 1. The Bertz CT molecular complexity index is 461. The molecule has 0 bridgehead atoms. The maximum atomic E-state index is 11.1. The molecule has 6 heteroatoms. The smallest absolute Gasteiger partial charge is 0.407 e. The predicted octanol–water partition coefficient (Wildman–Crippen LogP) is 1.56. The highest BCUT2D eigenvalue weighted by Gasteiger charge is 2.14. The fourth-order valence-electron chi connectivity index (χ4n) is 1.85. The summed E-state index contributed by atoms with van der Waals surface area (Å²) in [6.45, 7) is 0. The van der Waals surface area contributed by atoms with Crippen molar-refractivity contribution in [3.8, 4) is 11.5 Å². The van der Waals surface area contributed by atoms with Gasteiger partial charge in [-0.15, -0.1) is 0 Å². The van der Waals surface area contributed by atoms with Crippen molar-refractivity contribution in [1.82, 2.24) is 5.32 Å². The minimum absolute atomic E-state index is 0.447. The topological polar surface area (TPSA) is 73.9 Å². The van der Waals surface area contributed by atoms with E-state index < -0.39 is 12.1 Å². The van der Waals surface area contributed by atoms with Gasteiger partial charge in [0.25, 0.3) is 0 Å². The highest BCUT2D eigenvalue weighted by atomic mass is 16.5. The van der Waals surface area contributed by atoms with Gasteiger partial charge in [-0.25, -0.2) is 4.79 Å². The molecule has 1 rings (SSSR count). The summed E-state index contributed by atoms with van der Waals surface area (Å²) in [7, 11) is 4.38. The van der Waals surface area contributed by atoms with E-state index in [0.717, 1.165) is 5.56 Å². The number of aldehydes is 1. The van der Waals surface area contributed by atoms with Crippen molar-refractivity contribution >= 4 is 12.4 Å². The average Bonchev–Trinajstić information content (AvgIpc) is 2.50. The first-order chi connectivity index (χ1) is 9.65. The molecule has 0 saturated heterocycles. The molecule has 0 aliphatic carbocycles. The molecule has 0 saturated carbocycles. The van der Waals surface area contributed by atoms with Gasteiger partial charge in [-0.2, -0.15) is 0 Å². The number of amides is 1. The van der Waals surface area contributed by atoms with Crippen LogP contribution in [0.15, 0.2) is 18.2 Å². The first-order valence-electron chi connectivity index (χ1n) is 6.15. The van der Waals surface area contributed by atoms with Crippen molar-refractivity contribution in [2.24, 2.45) is 0 Å². The summed E-state index contributed by atoms with van der Waals surface area (Å²) in [5.41, 5.74) is 0.908.